The molecule has 2 N–H and O–H groups in total. The Bertz CT molecular complexity index is 667. The topological polar surface area (TPSA) is 102 Å². The van der Waals surface area contributed by atoms with Gasteiger partial charge in [0.15, 0.2) is 11.5 Å². The fourth-order valence-electron chi connectivity index (χ4n) is 2.02. The zero-order valence-corrected chi connectivity index (χ0v) is 12.7. The molecule has 1 aromatic carbocycles. The SMILES string of the molecule is Cc1cc2c(cc1S(=O)(=O)N[C@H](C(=O)O)C(C)C)OCO2. The fourth-order valence-corrected chi connectivity index (χ4v) is 3.60. The number of sulfonamides is 1. The normalized spacial score (nSPS) is 15.2. The van der Waals surface area contributed by atoms with E-state index in [-0.39, 0.29) is 17.6 Å². The highest BCUT2D eigenvalue weighted by Crippen LogP contribution is 2.36. The van der Waals surface area contributed by atoms with Crippen LogP contribution >= 0.6 is 0 Å². The van der Waals surface area contributed by atoms with Gasteiger partial charge in [-0.2, -0.15) is 4.72 Å². The second-order valence-electron chi connectivity index (χ2n) is 5.15. The molecule has 2 rings (SSSR count). The predicted octanol–water partition coefficient (Wildman–Crippen LogP) is 1.11. The van der Waals surface area contributed by atoms with Crippen LogP contribution in [0.1, 0.15) is 19.4 Å². The molecule has 0 saturated carbocycles. The van der Waals surface area contributed by atoms with Crippen LogP contribution in [0.25, 0.3) is 0 Å². The first-order chi connectivity index (χ1) is 9.72. The van der Waals surface area contributed by atoms with Gasteiger partial charge in [0.25, 0.3) is 0 Å². The minimum absolute atomic E-state index is 0.0151. The van der Waals surface area contributed by atoms with Crippen LogP contribution in [-0.2, 0) is 14.8 Å². The number of nitrogens with one attached hydrogen (secondary N) is 1. The Labute approximate surface area is 122 Å². The summed E-state index contributed by atoms with van der Waals surface area (Å²) < 4.78 is 37.4. The van der Waals surface area contributed by atoms with E-state index in [9.17, 15) is 13.2 Å². The van der Waals surface area contributed by atoms with Crippen molar-refractivity contribution in [2.24, 2.45) is 5.92 Å². The predicted molar refractivity (Wildman–Crippen MR) is 73.9 cm³/mol. The molecule has 8 heteroatoms. The van der Waals surface area contributed by atoms with E-state index in [2.05, 4.69) is 4.72 Å². The second kappa shape index (κ2) is 5.53. The van der Waals surface area contributed by atoms with Crippen LogP contribution in [0.4, 0.5) is 0 Å². The lowest BCUT2D eigenvalue weighted by atomic mass is 10.1. The minimum Gasteiger partial charge on any atom is -0.480 e. The third kappa shape index (κ3) is 3.11. The van der Waals surface area contributed by atoms with Gasteiger partial charge in [-0.05, 0) is 24.5 Å². The maximum absolute atomic E-state index is 12.4. The average Bonchev–Trinajstić information content (AvgIpc) is 2.81. The maximum atomic E-state index is 12.4. The molecule has 1 aliphatic heterocycles. The molecule has 0 bridgehead atoms. The number of aliphatic carboxylic acids is 1. The summed E-state index contributed by atoms with van der Waals surface area (Å²) >= 11 is 0. The number of rotatable bonds is 5. The lowest BCUT2D eigenvalue weighted by molar-refractivity contribution is -0.140. The van der Waals surface area contributed by atoms with Gasteiger partial charge < -0.3 is 14.6 Å². The van der Waals surface area contributed by atoms with Crippen molar-refractivity contribution in [1.82, 2.24) is 4.72 Å². The van der Waals surface area contributed by atoms with Crippen molar-refractivity contribution >= 4 is 16.0 Å². The Morgan fingerprint density at radius 3 is 2.38 bits per heavy atom. The molecule has 1 aromatic rings. The third-order valence-corrected chi connectivity index (χ3v) is 4.76. The number of aryl methyl sites for hydroxylation is 1. The van der Waals surface area contributed by atoms with Gasteiger partial charge in [-0.15, -0.1) is 0 Å². The Morgan fingerprint density at radius 1 is 1.29 bits per heavy atom. The summed E-state index contributed by atoms with van der Waals surface area (Å²) in [5, 5.41) is 9.11. The van der Waals surface area contributed by atoms with Gasteiger partial charge in [-0.3, -0.25) is 4.79 Å². The van der Waals surface area contributed by atoms with Gasteiger partial charge >= 0.3 is 5.97 Å². The number of benzene rings is 1. The first-order valence-corrected chi connectivity index (χ1v) is 7.86. The standard InChI is InChI=1S/C13H17NO6S/c1-7(2)12(13(15)16)14-21(17,18)11-5-10-9(4-8(11)3)19-6-20-10/h4-5,7,12,14H,6H2,1-3H3,(H,15,16)/t12-/m0/s1. The summed E-state index contributed by atoms with van der Waals surface area (Å²) in [4.78, 5) is 11.1. The molecule has 0 radical (unpaired) electrons. The van der Waals surface area contributed by atoms with Gasteiger partial charge in [0, 0.05) is 6.07 Å². The van der Waals surface area contributed by atoms with E-state index in [0.717, 1.165) is 0 Å². The van der Waals surface area contributed by atoms with Gasteiger partial charge in [0.05, 0.1) is 4.90 Å². The van der Waals surface area contributed by atoms with E-state index < -0.39 is 22.0 Å². The molecule has 0 spiro atoms. The molecule has 0 fully saturated rings. The first kappa shape index (κ1) is 15.6. The fraction of sp³-hybridized carbons (Fsp3) is 0.462. The average molecular weight is 315 g/mol. The van der Waals surface area contributed by atoms with Crippen LogP contribution in [0.15, 0.2) is 17.0 Å². The lowest BCUT2D eigenvalue weighted by Gasteiger charge is -2.19. The molecule has 21 heavy (non-hydrogen) atoms. The molecule has 0 unspecified atom stereocenters. The monoisotopic (exact) mass is 315 g/mol. The van der Waals surface area contributed by atoms with Crippen LogP contribution in [-0.4, -0.2) is 32.3 Å². The number of fused-ring (bicyclic) bond motifs is 1. The molecule has 0 saturated heterocycles. The van der Waals surface area contributed by atoms with Crippen LogP contribution in [0.2, 0.25) is 0 Å². The molecule has 1 heterocycles. The van der Waals surface area contributed by atoms with E-state index in [4.69, 9.17) is 14.6 Å². The van der Waals surface area contributed by atoms with Crippen LogP contribution < -0.4 is 14.2 Å². The van der Waals surface area contributed by atoms with Crippen molar-refractivity contribution in [3.63, 3.8) is 0 Å². The number of hydrogen-bond acceptors (Lipinski definition) is 5. The van der Waals surface area contributed by atoms with E-state index in [1.54, 1.807) is 26.8 Å². The molecule has 0 aliphatic carbocycles. The zero-order valence-electron chi connectivity index (χ0n) is 11.9. The molecule has 0 amide bonds. The number of carbonyl (C=O) groups is 1. The Morgan fingerprint density at radius 2 is 1.86 bits per heavy atom. The molecule has 0 aromatic heterocycles. The zero-order chi connectivity index (χ0) is 15.8. The number of carboxylic acids is 1. The quantitative estimate of drug-likeness (QED) is 0.844. The van der Waals surface area contributed by atoms with Crippen molar-refractivity contribution < 1.29 is 27.8 Å². The summed E-state index contributed by atoms with van der Waals surface area (Å²) in [5.41, 5.74) is 0.458. The summed E-state index contributed by atoms with van der Waals surface area (Å²) in [6.07, 6.45) is 0. The van der Waals surface area contributed by atoms with Crippen molar-refractivity contribution in [1.29, 1.82) is 0 Å². The van der Waals surface area contributed by atoms with Crippen LogP contribution in [0, 0.1) is 12.8 Å². The van der Waals surface area contributed by atoms with E-state index in [1.165, 1.54) is 6.07 Å². The largest absolute Gasteiger partial charge is 0.480 e. The van der Waals surface area contributed by atoms with Gasteiger partial charge in [-0.1, -0.05) is 13.8 Å². The Balaban J connectivity index is 2.38. The van der Waals surface area contributed by atoms with Crippen LogP contribution in [0.3, 0.4) is 0 Å². The highest BCUT2D eigenvalue weighted by molar-refractivity contribution is 7.89. The second-order valence-corrected chi connectivity index (χ2v) is 6.83. The first-order valence-electron chi connectivity index (χ1n) is 6.37. The van der Waals surface area contributed by atoms with Crippen molar-refractivity contribution in [2.45, 2.75) is 31.7 Å². The maximum Gasteiger partial charge on any atom is 0.322 e. The minimum atomic E-state index is -3.97. The number of hydrogen-bond donors (Lipinski definition) is 2. The smallest absolute Gasteiger partial charge is 0.322 e. The van der Waals surface area contributed by atoms with E-state index in [1.807, 2.05) is 0 Å². The van der Waals surface area contributed by atoms with E-state index in [0.29, 0.717) is 17.1 Å². The van der Waals surface area contributed by atoms with Gasteiger partial charge in [-0.25, -0.2) is 8.42 Å². The van der Waals surface area contributed by atoms with E-state index >= 15 is 0 Å². The van der Waals surface area contributed by atoms with Gasteiger partial charge in [0.2, 0.25) is 16.8 Å². The summed E-state index contributed by atoms with van der Waals surface area (Å²) in [7, 11) is -3.97. The Hall–Kier alpha value is -1.80. The highest BCUT2D eigenvalue weighted by atomic mass is 32.2. The third-order valence-electron chi connectivity index (χ3n) is 3.17. The van der Waals surface area contributed by atoms with Crippen LogP contribution in [0.5, 0.6) is 11.5 Å². The molecule has 1 aliphatic rings. The summed E-state index contributed by atoms with van der Waals surface area (Å²) in [6, 6.07) is 1.71. The van der Waals surface area contributed by atoms with Crippen molar-refractivity contribution in [3.05, 3.63) is 17.7 Å². The number of carboxylic acid groups (broad SMARTS) is 1. The molecule has 7 nitrogen and oxygen atoms in total. The summed E-state index contributed by atoms with van der Waals surface area (Å²) in [6.45, 7) is 4.92. The number of ether oxygens (including phenoxy) is 2. The molecule has 116 valence electrons. The Kier molecular flexibility index (Phi) is 4.11. The van der Waals surface area contributed by atoms with Gasteiger partial charge in [0.1, 0.15) is 6.04 Å². The molecular formula is C13H17NO6S. The van der Waals surface area contributed by atoms with Crippen molar-refractivity contribution in [3.8, 4) is 11.5 Å². The van der Waals surface area contributed by atoms with Crippen molar-refractivity contribution in [2.75, 3.05) is 6.79 Å². The summed E-state index contributed by atoms with van der Waals surface area (Å²) in [5.74, 6) is -0.791. The molecule has 1 atom stereocenters. The highest BCUT2D eigenvalue weighted by Gasteiger charge is 2.30. The molecular weight excluding hydrogens is 298 g/mol. The lowest BCUT2D eigenvalue weighted by Crippen LogP contribution is -2.44.